The number of thioether (sulfide) groups is 1. The fourth-order valence-corrected chi connectivity index (χ4v) is 3.11. The predicted molar refractivity (Wildman–Crippen MR) is 77.2 cm³/mol. The fraction of sp³-hybridized carbons (Fsp3) is 0.385. The van der Waals surface area contributed by atoms with Crippen molar-refractivity contribution in [2.24, 2.45) is 5.73 Å². The van der Waals surface area contributed by atoms with E-state index in [4.69, 9.17) is 17.3 Å². The summed E-state index contributed by atoms with van der Waals surface area (Å²) in [5.41, 5.74) is 6.55. The molecule has 0 amide bonds. The lowest BCUT2D eigenvalue weighted by Gasteiger charge is -2.07. The van der Waals surface area contributed by atoms with Crippen molar-refractivity contribution < 1.29 is 4.39 Å². The average molecular weight is 313 g/mol. The Bertz CT molecular complexity index is 627. The minimum atomic E-state index is -0.393. The monoisotopic (exact) mass is 312 g/mol. The molecule has 0 radical (unpaired) electrons. The Morgan fingerprint density at radius 1 is 1.40 bits per heavy atom. The van der Waals surface area contributed by atoms with Gasteiger partial charge in [0.15, 0.2) is 5.16 Å². The Morgan fingerprint density at radius 3 is 2.85 bits per heavy atom. The van der Waals surface area contributed by atoms with Gasteiger partial charge < -0.3 is 10.3 Å². The van der Waals surface area contributed by atoms with Crippen LogP contribution in [0.3, 0.4) is 0 Å². The van der Waals surface area contributed by atoms with E-state index in [-0.39, 0.29) is 5.02 Å². The van der Waals surface area contributed by atoms with Gasteiger partial charge in [0.2, 0.25) is 0 Å². The molecule has 1 heterocycles. The van der Waals surface area contributed by atoms with Crippen molar-refractivity contribution in [1.82, 2.24) is 14.8 Å². The highest BCUT2D eigenvalue weighted by Gasteiger charge is 2.29. The summed E-state index contributed by atoms with van der Waals surface area (Å²) in [6.45, 7) is 0.389. The van der Waals surface area contributed by atoms with Gasteiger partial charge in [-0.2, -0.15) is 0 Å². The smallest absolute Gasteiger partial charge is 0.191 e. The molecule has 1 fully saturated rings. The first-order valence-electron chi connectivity index (χ1n) is 6.39. The Balaban J connectivity index is 1.75. The second kappa shape index (κ2) is 5.71. The zero-order valence-corrected chi connectivity index (χ0v) is 12.3. The largest absolute Gasteiger partial charge is 0.324 e. The van der Waals surface area contributed by atoms with Gasteiger partial charge in [-0.3, -0.25) is 0 Å². The van der Waals surface area contributed by atoms with E-state index in [9.17, 15) is 4.39 Å². The molecule has 0 atom stereocenters. The van der Waals surface area contributed by atoms with E-state index in [1.165, 1.54) is 6.07 Å². The molecule has 0 spiro atoms. The van der Waals surface area contributed by atoms with Crippen LogP contribution in [0.2, 0.25) is 5.02 Å². The molecule has 4 nitrogen and oxygen atoms in total. The third-order valence-electron chi connectivity index (χ3n) is 3.18. The molecule has 1 aliphatic rings. The van der Waals surface area contributed by atoms with E-state index in [2.05, 4.69) is 14.8 Å². The summed E-state index contributed by atoms with van der Waals surface area (Å²) < 4.78 is 15.5. The number of hydrogen-bond acceptors (Lipinski definition) is 4. The van der Waals surface area contributed by atoms with Crippen LogP contribution in [0.4, 0.5) is 4.39 Å². The van der Waals surface area contributed by atoms with Crippen LogP contribution in [0.5, 0.6) is 0 Å². The first kappa shape index (κ1) is 13.9. The summed E-state index contributed by atoms with van der Waals surface area (Å²) in [6, 6.07) is 5.33. The van der Waals surface area contributed by atoms with E-state index >= 15 is 0 Å². The van der Waals surface area contributed by atoms with E-state index in [0.29, 0.717) is 18.3 Å². The molecular formula is C13H14ClFN4S. The first-order chi connectivity index (χ1) is 9.69. The van der Waals surface area contributed by atoms with E-state index in [1.807, 2.05) is 6.07 Å². The van der Waals surface area contributed by atoms with Crippen molar-refractivity contribution in [3.8, 4) is 0 Å². The second-order valence-corrected chi connectivity index (χ2v) is 6.09. The van der Waals surface area contributed by atoms with Crippen LogP contribution in [-0.4, -0.2) is 14.8 Å². The molecule has 0 unspecified atom stereocenters. The third kappa shape index (κ3) is 2.82. The highest BCUT2D eigenvalue weighted by Crippen LogP contribution is 2.39. The summed E-state index contributed by atoms with van der Waals surface area (Å²) in [6.07, 6.45) is 2.29. The van der Waals surface area contributed by atoms with Crippen LogP contribution in [0.1, 0.15) is 30.3 Å². The van der Waals surface area contributed by atoms with Crippen LogP contribution in [0.15, 0.2) is 23.4 Å². The molecule has 1 aromatic heterocycles. The molecular weight excluding hydrogens is 299 g/mol. The second-order valence-electron chi connectivity index (χ2n) is 4.74. The quantitative estimate of drug-likeness (QED) is 0.862. The van der Waals surface area contributed by atoms with Crippen molar-refractivity contribution in [3.05, 3.63) is 40.4 Å². The number of aromatic nitrogens is 3. The van der Waals surface area contributed by atoms with Crippen LogP contribution in [0, 0.1) is 5.82 Å². The van der Waals surface area contributed by atoms with Gasteiger partial charge in [0.1, 0.15) is 11.6 Å². The van der Waals surface area contributed by atoms with Crippen molar-refractivity contribution in [2.45, 2.75) is 36.3 Å². The number of benzene rings is 1. The van der Waals surface area contributed by atoms with Crippen molar-refractivity contribution >= 4 is 23.4 Å². The summed E-state index contributed by atoms with van der Waals surface area (Å²) in [5, 5.41) is 9.29. The molecule has 3 rings (SSSR count). The predicted octanol–water partition coefficient (Wildman–Crippen LogP) is 3.16. The van der Waals surface area contributed by atoms with Gasteiger partial charge in [-0.05, 0) is 30.5 Å². The van der Waals surface area contributed by atoms with Gasteiger partial charge in [0.25, 0.3) is 0 Å². The highest BCUT2D eigenvalue weighted by atomic mass is 35.5. The maximum Gasteiger partial charge on any atom is 0.191 e. The standard InChI is InChI=1S/C13H14ClFN4S/c14-10-4-1-8(5-11(10)15)7-20-13-18-17-12(6-16)19(13)9-2-3-9/h1,4-5,9H,2-3,6-7,16H2. The maximum absolute atomic E-state index is 13.4. The van der Waals surface area contributed by atoms with Crippen molar-refractivity contribution in [3.63, 3.8) is 0 Å². The van der Waals surface area contributed by atoms with Gasteiger partial charge in [0, 0.05) is 11.8 Å². The first-order valence-corrected chi connectivity index (χ1v) is 7.76. The number of halogens is 2. The summed E-state index contributed by atoms with van der Waals surface area (Å²) in [4.78, 5) is 0. The van der Waals surface area contributed by atoms with Gasteiger partial charge in [-0.25, -0.2) is 4.39 Å². The molecule has 2 aromatic rings. The Morgan fingerprint density at radius 2 is 2.20 bits per heavy atom. The molecule has 1 aromatic carbocycles. The Hall–Kier alpha value is -1.11. The molecule has 0 saturated heterocycles. The lowest BCUT2D eigenvalue weighted by Crippen LogP contribution is -2.08. The molecule has 7 heteroatoms. The molecule has 106 valence electrons. The zero-order chi connectivity index (χ0) is 14.1. The number of nitrogens with two attached hydrogens (primary N) is 1. The van der Waals surface area contributed by atoms with Crippen LogP contribution >= 0.6 is 23.4 Å². The van der Waals surface area contributed by atoms with Crippen molar-refractivity contribution in [1.29, 1.82) is 0 Å². The normalized spacial score (nSPS) is 14.8. The van der Waals surface area contributed by atoms with E-state index < -0.39 is 5.82 Å². The number of hydrogen-bond donors (Lipinski definition) is 1. The Labute approximate surface area is 125 Å². The minimum absolute atomic E-state index is 0.144. The molecule has 2 N–H and O–H groups in total. The van der Waals surface area contributed by atoms with Crippen LogP contribution < -0.4 is 5.73 Å². The molecule has 0 aliphatic heterocycles. The van der Waals surface area contributed by atoms with Crippen LogP contribution in [-0.2, 0) is 12.3 Å². The SMILES string of the molecule is NCc1nnc(SCc2ccc(Cl)c(F)c2)n1C1CC1. The zero-order valence-electron chi connectivity index (χ0n) is 10.7. The van der Waals surface area contributed by atoms with Gasteiger partial charge in [0.05, 0.1) is 11.6 Å². The number of nitrogens with zero attached hydrogens (tertiary/aromatic N) is 3. The summed E-state index contributed by atoms with van der Waals surface area (Å²) in [7, 11) is 0. The molecule has 1 saturated carbocycles. The minimum Gasteiger partial charge on any atom is -0.324 e. The molecule has 20 heavy (non-hydrogen) atoms. The van der Waals surface area contributed by atoms with E-state index in [1.54, 1.807) is 17.8 Å². The van der Waals surface area contributed by atoms with Crippen LogP contribution in [0.25, 0.3) is 0 Å². The number of rotatable bonds is 5. The lowest BCUT2D eigenvalue weighted by molar-refractivity contribution is 0.625. The molecule has 1 aliphatic carbocycles. The highest BCUT2D eigenvalue weighted by molar-refractivity contribution is 7.98. The maximum atomic E-state index is 13.4. The van der Waals surface area contributed by atoms with E-state index in [0.717, 1.165) is 29.4 Å². The lowest BCUT2D eigenvalue weighted by atomic mass is 10.2. The Kier molecular flexibility index (Phi) is 3.96. The molecule has 0 bridgehead atoms. The average Bonchev–Trinajstić information content (AvgIpc) is 3.20. The summed E-state index contributed by atoms with van der Waals surface area (Å²) in [5.74, 6) is 1.05. The van der Waals surface area contributed by atoms with Crippen molar-refractivity contribution in [2.75, 3.05) is 0 Å². The van der Waals surface area contributed by atoms with Gasteiger partial charge in [-0.1, -0.05) is 29.4 Å². The van der Waals surface area contributed by atoms with Gasteiger partial charge in [-0.15, -0.1) is 10.2 Å². The topological polar surface area (TPSA) is 56.7 Å². The summed E-state index contributed by atoms with van der Waals surface area (Å²) >= 11 is 7.22. The van der Waals surface area contributed by atoms with Gasteiger partial charge >= 0.3 is 0 Å². The third-order valence-corrected chi connectivity index (χ3v) is 4.50. The fourth-order valence-electron chi connectivity index (χ4n) is 2.02.